The van der Waals surface area contributed by atoms with Crippen LogP contribution in [0, 0.1) is 5.92 Å². The number of anilines is 1. The summed E-state index contributed by atoms with van der Waals surface area (Å²) >= 11 is 6.29. The van der Waals surface area contributed by atoms with Gasteiger partial charge in [0.25, 0.3) is 0 Å². The molecule has 0 radical (unpaired) electrons. The number of hydrogen-bond donors (Lipinski definition) is 1. The van der Waals surface area contributed by atoms with Gasteiger partial charge < -0.3 is 19.5 Å². The molecular weight excluding hydrogens is 509 g/mol. The summed E-state index contributed by atoms with van der Waals surface area (Å²) in [4.78, 5) is 22.1. The van der Waals surface area contributed by atoms with Crippen LogP contribution in [0.15, 0.2) is 36.9 Å². The first-order valence-electron chi connectivity index (χ1n) is 13.1. The number of rotatable bonds is 12. The summed E-state index contributed by atoms with van der Waals surface area (Å²) in [5, 5.41) is 3.64. The maximum absolute atomic E-state index is 15.4. The van der Waals surface area contributed by atoms with Crippen LogP contribution in [0.5, 0.6) is 0 Å². The van der Waals surface area contributed by atoms with Crippen molar-refractivity contribution in [3.05, 3.63) is 64.6 Å². The number of carbonyl (C=O) groups excluding carboxylic acids is 1. The van der Waals surface area contributed by atoms with E-state index in [2.05, 4.69) is 21.9 Å². The Morgan fingerprint density at radius 2 is 2.11 bits per heavy atom. The number of ether oxygens (including phenoxy) is 3. The van der Waals surface area contributed by atoms with Crippen molar-refractivity contribution in [1.29, 1.82) is 0 Å². The number of halogens is 2. The molecule has 1 aliphatic heterocycles. The van der Waals surface area contributed by atoms with Crippen molar-refractivity contribution in [2.75, 3.05) is 39.4 Å². The van der Waals surface area contributed by atoms with Crippen LogP contribution < -0.4 is 5.32 Å². The van der Waals surface area contributed by atoms with Gasteiger partial charge in [-0.05, 0) is 60.9 Å². The molecule has 1 aromatic carbocycles. The van der Waals surface area contributed by atoms with Crippen molar-refractivity contribution < 1.29 is 23.4 Å². The molecule has 7 nitrogen and oxygen atoms in total. The van der Waals surface area contributed by atoms with E-state index in [1.165, 1.54) is 13.2 Å². The van der Waals surface area contributed by atoms with Crippen molar-refractivity contribution in [2.24, 2.45) is 5.92 Å². The van der Waals surface area contributed by atoms with Crippen molar-refractivity contribution in [3.63, 3.8) is 0 Å². The van der Waals surface area contributed by atoms with E-state index in [9.17, 15) is 4.79 Å². The summed E-state index contributed by atoms with van der Waals surface area (Å²) in [6.07, 6.45) is 5.17. The number of alkyl halides is 1. The van der Waals surface area contributed by atoms with Gasteiger partial charge in [0.15, 0.2) is 11.5 Å². The van der Waals surface area contributed by atoms with Gasteiger partial charge in [-0.25, -0.2) is 14.4 Å². The summed E-state index contributed by atoms with van der Waals surface area (Å²) in [7, 11) is 3.08. The maximum Gasteiger partial charge on any atom is 0.224 e. The first kappa shape index (κ1) is 28.6. The van der Waals surface area contributed by atoms with Crippen LogP contribution in [0.1, 0.15) is 61.0 Å². The summed E-state index contributed by atoms with van der Waals surface area (Å²) in [6.45, 7) is 6.63. The molecule has 38 heavy (non-hydrogen) atoms. The van der Waals surface area contributed by atoms with Crippen molar-refractivity contribution in [3.8, 4) is 0 Å². The number of carbonyl (C=O) groups is 1. The van der Waals surface area contributed by atoms with Gasteiger partial charge in [0.05, 0.1) is 12.3 Å². The molecule has 1 aromatic heterocycles. The number of fused-ring (bicyclic) bond motifs is 1. The Morgan fingerprint density at radius 1 is 1.34 bits per heavy atom. The lowest BCUT2D eigenvalue weighted by Gasteiger charge is -2.34. The Bertz CT molecular complexity index is 1160. The molecule has 0 amide bonds. The van der Waals surface area contributed by atoms with Crippen LogP contribution in [-0.2, 0) is 37.5 Å². The predicted molar refractivity (Wildman–Crippen MR) is 145 cm³/mol. The lowest BCUT2D eigenvalue weighted by atomic mass is 9.85. The molecule has 1 saturated heterocycles. The third-order valence-electron chi connectivity index (χ3n) is 7.92. The molecule has 4 rings (SSSR count). The van der Waals surface area contributed by atoms with Gasteiger partial charge in [-0.2, -0.15) is 0 Å². The van der Waals surface area contributed by atoms with Crippen LogP contribution in [-0.4, -0.2) is 55.4 Å². The van der Waals surface area contributed by atoms with Gasteiger partial charge in [0, 0.05) is 58.3 Å². The van der Waals surface area contributed by atoms with Gasteiger partial charge in [0.1, 0.15) is 11.4 Å². The molecule has 2 aliphatic rings. The van der Waals surface area contributed by atoms with Crippen molar-refractivity contribution >= 4 is 23.2 Å². The van der Waals surface area contributed by atoms with E-state index < -0.39 is 11.3 Å². The van der Waals surface area contributed by atoms with E-state index in [4.69, 9.17) is 25.8 Å². The topological polar surface area (TPSA) is 82.6 Å². The van der Waals surface area contributed by atoms with Crippen LogP contribution >= 0.6 is 11.6 Å². The molecule has 2 unspecified atom stereocenters. The fraction of sp³-hybridized carbons (Fsp3) is 0.552. The van der Waals surface area contributed by atoms with E-state index in [0.717, 1.165) is 36.1 Å². The normalized spacial score (nSPS) is 20.8. The monoisotopic (exact) mass is 545 g/mol. The van der Waals surface area contributed by atoms with E-state index >= 15 is 4.39 Å². The number of nitrogens with zero attached hydrogens (tertiary/aromatic N) is 2. The Balaban J connectivity index is 1.45. The van der Waals surface area contributed by atoms with Gasteiger partial charge in [-0.15, -0.1) is 0 Å². The molecule has 0 spiro atoms. The highest BCUT2D eigenvalue weighted by molar-refractivity contribution is 6.28. The fourth-order valence-electron chi connectivity index (χ4n) is 5.53. The zero-order valence-corrected chi connectivity index (χ0v) is 23.2. The fourth-order valence-corrected chi connectivity index (χ4v) is 5.71. The van der Waals surface area contributed by atoms with Gasteiger partial charge in [-0.3, -0.25) is 4.79 Å². The van der Waals surface area contributed by atoms with Crippen molar-refractivity contribution in [2.45, 2.75) is 62.8 Å². The van der Waals surface area contributed by atoms with Gasteiger partial charge in [-0.1, -0.05) is 30.8 Å². The van der Waals surface area contributed by atoms with Crippen molar-refractivity contribution in [1.82, 2.24) is 9.97 Å². The second-order valence-corrected chi connectivity index (χ2v) is 10.6. The zero-order chi connectivity index (χ0) is 27.3. The lowest BCUT2D eigenvalue weighted by molar-refractivity contribution is -0.153. The summed E-state index contributed by atoms with van der Waals surface area (Å²) in [5.74, 6) is 1.09. The molecule has 1 aliphatic carbocycles. The summed E-state index contributed by atoms with van der Waals surface area (Å²) in [6, 6.07) is 7.15. The first-order valence-corrected chi connectivity index (χ1v) is 13.5. The Kier molecular flexibility index (Phi) is 9.19. The van der Waals surface area contributed by atoms with E-state index in [-0.39, 0.29) is 29.6 Å². The number of Topliss-reactive ketones (excluding diaryl/α,β-unsaturated/α-hetero) is 1. The largest absolute Gasteiger partial charge is 0.381 e. The second kappa shape index (κ2) is 12.2. The third-order valence-corrected chi connectivity index (χ3v) is 8.09. The summed E-state index contributed by atoms with van der Waals surface area (Å²) < 4.78 is 31.5. The Morgan fingerprint density at radius 3 is 2.79 bits per heavy atom. The number of ketones is 1. The number of hydrogen-bond acceptors (Lipinski definition) is 7. The average Bonchev–Trinajstić information content (AvgIpc) is 3.35. The van der Waals surface area contributed by atoms with Crippen LogP contribution in [0.2, 0.25) is 5.28 Å². The van der Waals surface area contributed by atoms with Crippen LogP contribution in [0.25, 0.3) is 0 Å². The smallest absolute Gasteiger partial charge is 0.224 e. The maximum atomic E-state index is 15.4. The van der Waals surface area contributed by atoms with E-state index in [1.54, 1.807) is 13.2 Å². The van der Waals surface area contributed by atoms with E-state index in [1.807, 2.05) is 25.1 Å². The number of nitrogens with one attached hydrogen (secondary N) is 1. The molecule has 1 N–H and O–H groups in total. The second-order valence-electron chi connectivity index (χ2n) is 10.3. The standard InChI is InChI=1S/C29H37ClFN3O4/c1-5-28(31,18-36-3)22-8-6-7-21(17-22)19(2)32-26-23-15-20(16-24(23)33-27(30)34-26)9-10-25(35)29(37-4)11-13-38-14-12-29/h5-8,17,19-20H,1,9-16,18H2,2-4H3,(H,32,33,34)/t19-,20?,28?/m1/s1. The number of benzene rings is 1. The molecule has 9 heteroatoms. The molecule has 0 bridgehead atoms. The highest BCUT2D eigenvalue weighted by atomic mass is 35.5. The molecule has 2 heterocycles. The lowest BCUT2D eigenvalue weighted by Crippen LogP contribution is -2.45. The van der Waals surface area contributed by atoms with Gasteiger partial charge in [0.2, 0.25) is 5.28 Å². The van der Waals surface area contributed by atoms with Crippen LogP contribution in [0.4, 0.5) is 10.2 Å². The number of methoxy groups -OCH3 is 2. The highest BCUT2D eigenvalue weighted by Crippen LogP contribution is 2.37. The minimum absolute atomic E-state index is 0.111. The Labute approximate surface area is 229 Å². The van der Waals surface area contributed by atoms with Crippen LogP contribution in [0.3, 0.4) is 0 Å². The quantitative estimate of drug-likeness (QED) is 0.276. The SMILES string of the molecule is C=CC(F)(COC)c1cccc([C@@H](C)Nc2nc(Cl)nc3c2CC(CCC(=O)C2(OC)CCOCC2)C3)c1. The zero-order valence-electron chi connectivity index (χ0n) is 22.4. The number of aromatic nitrogens is 2. The minimum atomic E-state index is -1.78. The predicted octanol–water partition coefficient (Wildman–Crippen LogP) is 5.56. The third kappa shape index (κ3) is 6.09. The Hall–Kier alpha value is -2.39. The van der Waals surface area contributed by atoms with E-state index in [0.29, 0.717) is 43.9 Å². The molecule has 1 fully saturated rings. The average molecular weight is 546 g/mol. The first-order chi connectivity index (χ1) is 18.2. The molecule has 3 atom stereocenters. The molecule has 206 valence electrons. The molecular formula is C29H37ClFN3O4. The van der Waals surface area contributed by atoms with Gasteiger partial charge >= 0.3 is 0 Å². The summed E-state index contributed by atoms with van der Waals surface area (Å²) in [5.41, 5.74) is 0.804. The highest BCUT2D eigenvalue weighted by Gasteiger charge is 2.40. The minimum Gasteiger partial charge on any atom is -0.381 e. The molecule has 0 saturated carbocycles. The molecule has 2 aromatic rings.